The van der Waals surface area contributed by atoms with Crippen LogP contribution in [0.4, 0.5) is 0 Å². The molecule has 0 bridgehead atoms. The van der Waals surface area contributed by atoms with Crippen molar-refractivity contribution in [2.24, 2.45) is 11.8 Å². The lowest BCUT2D eigenvalue weighted by Crippen LogP contribution is -2.21. The molecule has 0 spiro atoms. The highest BCUT2D eigenvalue weighted by Gasteiger charge is 2.40. The number of Topliss-reactive ketones (excluding diaryl/α,β-unsaturated/α-hetero) is 2. The van der Waals surface area contributed by atoms with E-state index in [2.05, 4.69) is 11.7 Å². The van der Waals surface area contributed by atoms with Gasteiger partial charge in [0.15, 0.2) is 0 Å². The number of ether oxygens (including phenoxy) is 1. The molecule has 1 N–H and O–H groups in total. The third-order valence-electron chi connectivity index (χ3n) is 5.77. The van der Waals surface area contributed by atoms with E-state index in [1.54, 1.807) is 0 Å². The van der Waals surface area contributed by atoms with Crippen molar-refractivity contribution in [1.29, 1.82) is 0 Å². The molecule has 3 atom stereocenters. The van der Waals surface area contributed by atoms with E-state index in [1.807, 2.05) is 0 Å². The Morgan fingerprint density at radius 1 is 0.963 bits per heavy atom. The maximum atomic E-state index is 12.2. The van der Waals surface area contributed by atoms with E-state index in [9.17, 15) is 19.5 Å². The standard InChI is InChI=1S/C22H38O5/c1-3-4-5-8-11-17(23)14-15-19-18(20(24)16-21(19)25)12-9-6-7-10-13-22(26)27-2/h18-19,21,25H,3-16H2,1-2H3. The molecule has 0 radical (unpaired) electrons. The summed E-state index contributed by atoms with van der Waals surface area (Å²) in [5.74, 6) is 0.0702. The van der Waals surface area contributed by atoms with Crippen LogP contribution in [-0.2, 0) is 19.1 Å². The Morgan fingerprint density at radius 3 is 2.33 bits per heavy atom. The predicted molar refractivity (Wildman–Crippen MR) is 105 cm³/mol. The Labute approximate surface area is 164 Å². The first-order chi connectivity index (χ1) is 13.0. The molecule has 0 saturated heterocycles. The quantitative estimate of drug-likeness (QED) is 0.336. The molecule has 5 nitrogen and oxygen atoms in total. The van der Waals surface area contributed by atoms with Gasteiger partial charge in [0.1, 0.15) is 11.6 Å². The second-order valence-corrected chi connectivity index (χ2v) is 7.93. The van der Waals surface area contributed by atoms with E-state index in [0.717, 1.165) is 51.4 Å². The second-order valence-electron chi connectivity index (χ2n) is 7.93. The van der Waals surface area contributed by atoms with Crippen LogP contribution in [0.25, 0.3) is 0 Å². The topological polar surface area (TPSA) is 80.7 Å². The molecule has 1 aliphatic rings. The number of hydrogen-bond donors (Lipinski definition) is 1. The molecule has 5 heteroatoms. The highest BCUT2D eigenvalue weighted by Crippen LogP contribution is 2.36. The fourth-order valence-corrected chi connectivity index (χ4v) is 4.08. The molecule has 0 aromatic heterocycles. The number of rotatable bonds is 15. The summed E-state index contributed by atoms with van der Waals surface area (Å²) in [5, 5.41) is 10.2. The van der Waals surface area contributed by atoms with Gasteiger partial charge in [0.2, 0.25) is 0 Å². The number of carbonyl (C=O) groups is 3. The van der Waals surface area contributed by atoms with E-state index in [-0.39, 0.29) is 35.8 Å². The number of aliphatic hydroxyl groups is 1. The molecule has 156 valence electrons. The lowest BCUT2D eigenvalue weighted by Gasteiger charge is -2.20. The van der Waals surface area contributed by atoms with Crippen molar-refractivity contribution in [3.63, 3.8) is 0 Å². The van der Waals surface area contributed by atoms with Crippen LogP contribution < -0.4 is 0 Å². The highest BCUT2D eigenvalue weighted by atomic mass is 16.5. The van der Waals surface area contributed by atoms with Gasteiger partial charge in [0.25, 0.3) is 0 Å². The van der Waals surface area contributed by atoms with Gasteiger partial charge in [-0.1, -0.05) is 45.4 Å². The predicted octanol–water partition coefficient (Wildman–Crippen LogP) is 4.39. The lowest BCUT2D eigenvalue weighted by atomic mass is 9.85. The molecule has 1 aliphatic carbocycles. The maximum Gasteiger partial charge on any atom is 0.305 e. The van der Waals surface area contributed by atoms with Crippen molar-refractivity contribution in [2.75, 3.05) is 7.11 Å². The molecule has 27 heavy (non-hydrogen) atoms. The number of aliphatic hydroxyl groups excluding tert-OH is 1. The minimum atomic E-state index is -0.588. The fourth-order valence-electron chi connectivity index (χ4n) is 4.08. The fraction of sp³-hybridized carbons (Fsp3) is 0.864. The number of methoxy groups -OCH3 is 1. The van der Waals surface area contributed by atoms with Gasteiger partial charge in [0, 0.05) is 31.6 Å². The Balaban J connectivity index is 2.27. The lowest BCUT2D eigenvalue weighted by molar-refractivity contribution is -0.140. The summed E-state index contributed by atoms with van der Waals surface area (Å²) in [5.41, 5.74) is 0. The maximum absolute atomic E-state index is 12.2. The number of unbranched alkanes of at least 4 members (excludes halogenated alkanes) is 6. The summed E-state index contributed by atoms with van der Waals surface area (Å²) < 4.78 is 4.62. The van der Waals surface area contributed by atoms with Crippen molar-refractivity contribution >= 4 is 17.5 Å². The van der Waals surface area contributed by atoms with Crippen molar-refractivity contribution in [2.45, 2.75) is 103 Å². The van der Waals surface area contributed by atoms with E-state index in [1.165, 1.54) is 13.5 Å². The van der Waals surface area contributed by atoms with Crippen LogP contribution >= 0.6 is 0 Å². The largest absolute Gasteiger partial charge is 0.469 e. The van der Waals surface area contributed by atoms with Gasteiger partial charge in [-0.3, -0.25) is 14.4 Å². The zero-order chi connectivity index (χ0) is 20.1. The van der Waals surface area contributed by atoms with Gasteiger partial charge < -0.3 is 9.84 Å². The summed E-state index contributed by atoms with van der Waals surface area (Å²) in [6.07, 6.45) is 10.7. The van der Waals surface area contributed by atoms with Gasteiger partial charge in [-0.05, 0) is 31.6 Å². The van der Waals surface area contributed by atoms with Gasteiger partial charge in [-0.15, -0.1) is 0 Å². The summed E-state index contributed by atoms with van der Waals surface area (Å²) >= 11 is 0. The van der Waals surface area contributed by atoms with E-state index in [0.29, 0.717) is 25.7 Å². The first-order valence-corrected chi connectivity index (χ1v) is 10.8. The third-order valence-corrected chi connectivity index (χ3v) is 5.77. The van der Waals surface area contributed by atoms with Crippen molar-refractivity contribution in [1.82, 2.24) is 0 Å². The van der Waals surface area contributed by atoms with Crippen LogP contribution in [0.3, 0.4) is 0 Å². The molecule has 1 rings (SSSR count). The number of esters is 1. The van der Waals surface area contributed by atoms with Crippen molar-refractivity contribution in [3.8, 4) is 0 Å². The minimum Gasteiger partial charge on any atom is -0.469 e. The average molecular weight is 383 g/mol. The smallest absolute Gasteiger partial charge is 0.305 e. The van der Waals surface area contributed by atoms with Gasteiger partial charge in [-0.25, -0.2) is 0 Å². The Morgan fingerprint density at radius 2 is 1.63 bits per heavy atom. The van der Waals surface area contributed by atoms with Crippen LogP contribution in [0.5, 0.6) is 0 Å². The van der Waals surface area contributed by atoms with Crippen LogP contribution in [0.2, 0.25) is 0 Å². The van der Waals surface area contributed by atoms with E-state index >= 15 is 0 Å². The molecular formula is C22H38O5. The molecular weight excluding hydrogens is 344 g/mol. The SMILES string of the molecule is CCCCCCC(=O)CCC1C(O)CC(=O)C1CCCCCCC(=O)OC. The first-order valence-electron chi connectivity index (χ1n) is 10.8. The first kappa shape index (κ1) is 23.8. The van der Waals surface area contributed by atoms with Crippen LogP contribution in [0, 0.1) is 11.8 Å². The summed E-state index contributed by atoms with van der Waals surface area (Å²) in [7, 11) is 1.40. The molecule has 0 aromatic rings. The zero-order valence-corrected chi connectivity index (χ0v) is 17.2. The van der Waals surface area contributed by atoms with Gasteiger partial charge in [0.05, 0.1) is 13.2 Å². The molecule has 3 unspecified atom stereocenters. The minimum absolute atomic E-state index is 0.0628. The highest BCUT2D eigenvalue weighted by molar-refractivity contribution is 5.84. The Hall–Kier alpha value is -1.23. The monoisotopic (exact) mass is 382 g/mol. The van der Waals surface area contributed by atoms with Crippen LogP contribution in [0.15, 0.2) is 0 Å². The zero-order valence-electron chi connectivity index (χ0n) is 17.2. The van der Waals surface area contributed by atoms with E-state index in [4.69, 9.17) is 0 Å². The van der Waals surface area contributed by atoms with Crippen molar-refractivity contribution < 1.29 is 24.2 Å². The number of carbonyl (C=O) groups excluding carboxylic acids is 3. The molecule has 0 amide bonds. The van der Waals surface area contributed by atoms with Crippen molar-refractivity contribution in [3.05, 3.63) is 0 Å². The Kier molecular flexibility index (Phi) is 12.2. The second kappa shape index (κ2) is 13.9. The Bertz CT molecular complexity index is 460. The van der Waals surface area contributed by atoms with Crippen LogP contribution in [-0.4, -0.2) is 35.9 Å². The molecule has 0 aromatic carbocycles. The summed E-state index contributed by atoms with van der Waals surface area (Å²) in [6, 6.07) is 0. The summed E-state index contributed by atoms with van der Waals surface area (Å²) in [6.45, 7) is 2.15. The average Bonchev–Trinajstić information content (AvgIpc) is 2.92. The van der Waals surface area contributed by atoms with Crippen LogP contribution in [0.1, 0.15) is 96.8 Å². The molecule has 0 aliphatic heterocycles. The van der Waals surface area contributed by atoms with E-state index < -0.39 is 6.10 Å². The normalized spacial score (nSPS) is 22.2. The summed E-state index contributed by atoms with van der Waals surface area (Å²) in [4.78, 5) is 35.4. The molecule has 1 saturated carbocycles. The van der Waals surface area contributed by atoms with Gasteiger partial charge >= 0.3 is 5.97 Å². The number of ketones is 2. The molecule has 1 fully saturated rings. The number of hydrogen-bond acceptors (Lipinski definition) is 5. The molecule has 0 heterocycles. The van der Waals surface area contributed by atoms with Gasteiger partial charge in [-0.2, -0.15) is 0 Å². The third kappa shape index (κ3) is 9.50.